The summed E-state index contributed by atoms with van der Waals surface area (Å²) in [6.07, 6.45) is 3.50. The van der Waals surface area contributed by atoms with Crippen LogP contribution < -0.4 is 29.3 Å². The lowest BCUT2D eigenvalue weighted by Crippen LogP contribution is -2.40. The molecule has 1 aliphatic heterocycles. The van der Waals surface area contributed by atoms with Gasteiger partial charge >= 0.3 is 5.97 Å². The number of thiazole rings is 1. The van der Waals surface area contributed by atoms with Gasteiger partial charge in [0, 0.05) is 19.8 Å². The molecule has 0 saturated heterocycles. The van der Waals surface area contributed by atoms with Crippen molar-refractivity contribution in [2.45, 2.75) is 26.8 Å². The molecule has 1 aliphatic rings. The number of aromatic nitrogens is 1. The van der Waals surface area contributed by atoms with Gasteiger partial charge in [-0.05, 0) is 62.2 Å². The summed E-state index contributed by atoms with van der Waals surface area (Å²) in [5, 5.41) is 0. The Morgan fingerprint density at radius 1 is 1.10 bits per heavy atom. The molecule has 0 bridgehead atoms. The van der Waals surface area contributed by atoms with E-state index in [4.69, 9.17) is 14.2 Å². The van der Waals surface area contributed by atoms with Gasteiger partial charge in [-0.2, -0.15) is 0 Å². The Kier molecular flexibility index (Phi) is 8.71. The Labute approximate surface area is 231 Å². The Morgan fingerprint density at radius 2 is 1.85 bits per heavy atom. The minimum absolute atomic E-state index is 0.203. The number of carbonyl (C=O) groups excluding carboxylic acids is 1. The number of hydrogen-bond acceptors (Lipinski definition) is 8. The maximum Gasteiger partial charge on any atom is 0.338 e. The topological polar surface area (TPSA) is 82.4 Å². The van der Waals surface area contributed by atoms with Crippen molar-refractivity contribution in [3.63, 3.8) is 0 Å². The van der Waals surface area contributed by atoms with Crippen molar-refractivity contribution in [1.29, 1.82) is 0 Å². The fraction of sp³-hybridized carbons (Fsp3) is 0.300. The quantitative estimate of drug-likeness (QED) is 0.284. The summed E-state index contributed by atoms with van der Waals surface area (Å²) >= 11 is 1.29. The van der Waals surface area contributed by atoms with E-state index in [2.05, 4.69) is 11.6 Å². The van der Waals surface area contributed by atoms with Gasteiger partial charge in [0.1, 0.15) is 6.61 Å². The molecule has 2 aromatic carbocycles. The zero-order valence-electron chi connectivity index (χ0n) is 22.9. The molecule has 0 unspecified atom stereocenters. The highest BCUT2D eigenvalue weighted by Gasteiger charge is 2.34. The van der Waals surface area contributed by atoms with Crippen LogP contribution in [0, 0.1) is 0 Å². The molecule has 0 fully saturated rings. The average Bonchev–Trinajstić information content (AvgIpc) is 3.21. The van der Waals surface area contributed by atoms with Crippen LogP contribution in [0.15, 0.2) is 76.2 Å². The third kappa shape index (κ3) is 5.83. The predicted octanol–water partition coefficient (Wildman–Crippen LogP) is 3.83. The number of allylic oxidation sites excluding steroid dienone is 1. The first-order chi connectivity index (χ1) is 18.8. The Morgan fingerprint density at radius 3 is 2.49 bits per heavy atom. The highest BCUT2D eigenvalue weighted by molar-refractivity contribution is 7.07. The number of hydrogen-bond donors (Lipinski definition) is 0. The first kappa shape index (κ1) is 27.9. The third-order valence-electron chi connectivity index (χ3n) is 6.16. The summed E-state index contributed by atoms with van der Waals surface area (Å²) in [6, 6.07) is 12.6. The van der Waals surface area contributed by atoms with Crippen LogP contribution in [0.5, 0.6) is 11.5 Å². The van der Waals surface area contributed by atoms with Crippen LogP contribution in [0.1, 0.15) is 37.9 Å². The van der Waals surface area contributed by atoms with E-state index in [9.17, 15) is 9.59 Å². The molecule has 1 atom stereocenters. The molecule has 8 nitrogen and oxygen atoms in total. The van der Waals surface area contributed by atoms with Crippen molar-refractivity contribution in [2.24, 2.45) is 4.99 Å². The van der Waals surface area contributed by atoms with Gasteiger partial charge in [0.05, 0.1) is 35.1 Å². The second-order valence-corrected chi connectivity index (χ2v) is 10.0. The van der Waals surface area contributed by atoms with E-state index in [1.807, 2.05) is 68.4 Å². The number of carbonyl (C=O) groups is 1. The molecule has 0 radical (unpaired) electrons. The molecule has 0 amide bonds. The van der Waals surface area contributed by atoms with Crippen LogP contribution >= 0.6 is 11.3 Å². The molecule has 0 N–H and O–H groups in total. The molecule has 3 aromatic rings. The van der Waals surface area contributed by atoms with Crippen molar-refractivity contribution in [1.82, 2.24) is 4.57 Å². The number of esters is 1. The van der Waals surface area contributed by atoms with E-state index in [-0.39, 0.29) is 12.2 Å². The summed E-state index contributed by atoms with van der Waals surface area (Å²) in [4.78, 5) is 34.2. The van der Waals surface area contributed by atoms with Gasteiger partial charge in [0.2, 0.25) is 0 Å². The summed E-state index contributed by atoms with van der Waals surface area (Å²) in [5.41, 5.74) is 3.23. The first-order valence-electron chi connectivity index (χ1n) is 12.8. The zero-order chi connectivity index (χ0) is 28.1. The third-order valence-corrected chi connectivity index (χ3v) is 7.15. The van der Waals surface area contributed by atoms with Gasteiger partial charge in [-0.15, -0.1) is 0 Å². The van der Waals surface area contributed by atoms with Crippen LogP contribution in [-0.4, -0.2) is 44.5 Å². The van der Waals surface area contributed by atoms with E-state index in [1.54, 1.807) is 30.6 Å². The number of nitrogens with zero attached hydrogens (tertiary/aromatic N) is 3. The maximum atomic E-state index is 13.9. The van der Waals surface area contributed by atoms with Crippen LogP contribution in [0.2, 0.25) is 0 Å². The zero-order valence-corrected chi connectivity index (χ0v) is 23.7. The number of ether oxygens (including phenoxy) is 3. The minimum atomic E-state index is -0.744. The van der Waals surface area contributed by atoms with Gasteiger partial charge < -0.3 is 19.1 Å². The van der Waals surface area contributed by atoms with E-state index in [0.29, 0.717) is 50.9 Å². The van der Waals surface area contributed by atoms with Crippen LogP contribution in [0.4, 0.5) is 5.69 Å². The average molecular weight is 548 g/mol. The van der Waals surface area contributed by atoms with E-state index < -0.39 is 12.0 Å². The second kappa shape index (κ2) is 12.2. The lowest BCUT2D eigenvalue weighted by molar-refractivity contribution is -0.139. The Hall–Kier alpha value is -4.11. The number of rotatable bonds is 10. The molecule has 0 spiro atoms. The van der Waals surface area contributed by atoms with Gasteiger partial charge in [0.15, 0.2) is 16.3 Å². The van der Waals surface area contributed by atoms with E-state index in [1.165, 1.54) is 11.3 Å². The van der Waals surface area contributed by atoms with Crippen molar-refractivity contribution in [2.75, 3.05) is 38.8 Å². The number of anilines is 1. The molecule has 0 aliphatic carbocycles. The minimum Gasteiger partial charge on any atom is -0.490 e. The lowest BCUT2D eigenvalue weighted by atomic mass is 9.95. The van der Waals surface area contributed by atoms with Crippen molar-refractivity contribution in [3.05, 3.63) is 97.2 Å². The van der Waals surface area contributed by atoms with Crippen molar-refractivity contribution >= 4 is 29.1 Å². The van der Waals surface area contributed by atoms with Crippen LogP contribution in [-0.2, 0) is 9.53 Å². The predicted molar refractivity (Wildman–Crippen MR) is 154 cm³/mol. The molecule has 2 heterocycles. The largest absolute Gasteiger partial charge is 0.490 e. The van der Waals surface area contributed by atoms with Gasteiger partial charge in [-0.1, -0.05) is 42.2 Å². The Balaban J connectivity index is 1.90. The van der Waals surface area contributed by atoms with Crippen molar-refractivity contribution in [3.8, 4) is 11.5 Å². The van der Waals surface area contributed by atoms with Gasteiger partial charge in [-0.25, -0.2) is 9.79 Å². The summed E-state index contributed by atoms with van der Waals surface area (Å²) < 4.78 is 19.1. The summed E-state index contributed by atoms with van der Waals surface area (Å²) in [5.74, 6) is 0.549. The molecule has 1 aromatic heterocycles. The number of fused-ring (bicyclic) bond motifs is 1. The summed E-state index contributed by atoms with van der Waals surface area (Å²) in [6.45, 7) is 10.0. The highest BCUT2D eigenvalue weighted by atomic mass is 32.1. The highest BCUT2D eigenvalue weighted by Crippen LogP contribution is 2.36. The second-order valence-electron chi connectivity index (χ2n) is 9.03. The SMILES string of the molecule is C=CCOc1ccc([C@H]2C(C(=O)OCC)=C(C)N=c3s/c(=C/c4ccc(N(C)C)cc4)c(=O)n32)cc1OCC. The first-order valence-corrected chi connectivity index (χ1v) is 13.6. The lowest BCUT2D eigenvalue weighted by Gasteiger charge is -2.25. The standard InChI is InChI=1S/C30H33N3O5S/c1-7-16-38-23-15-12-21(18-24(23)36-8-2)27-26(29(35)37-9-3)19(4)31-30-33(27)28(34)25(39-30)17-20-10-13-22(14-11-20)32(5)6/h7,10-15,17-18,27H,1,8-9,16H2,2-6H3/b25-17+/t27-/m0/s1. The summed E-state index contributed by atoms with van der Waals surface area (Å²) in [7, 11) is 3.96. The fourth-order valence-electron chi connectivity index (χ4n) is 4.36. The Bertz CT molecular complexity index is 1580. The maximum absolute atomic E-state index is 13.9. The molecular weight excluding hydrogens is 514 g/mol. The van der Waals surface area contributed by atoms with E-state index >= 15 is 0 Å². The smallest absolute Gasteiger partial charge is 0.338 e. The van der Waals surface area contributed by atoms with Gasteiger partial charge in [-0.3, -0.25) is 9.36 Å². The molecular formula is C30H33N3O5S. The molecule has 4 rings (SSSR count). The van der Waals surface area contributed by atoms with Crippen LogP contribution in [0.25, 0.3) is 6.08 Å². The molecule has 9 heteroatoms. The fourth-order valence-corrected chi connectivity index (χ4v) is 5.40. The van der Waals surface area contributed by atoms with Crippen molar-refractivity contribution < 1.29 is 19.0 Å². The molecule has 0 saturated carbocycles. The number of benzene rings is 2. The van der Waals surface area contributed by atoms with Gasteiger partial charge in [0.25, 0.3) is 5.56 Å². The normalized spacial score (nSPS) is 14.9. The molecule has 39 heavy (non-hydrogen) atoms. The van der Waals surface area contributed by atoms with Crippen LogP contribution in [0.3, 0.4) is 0 Å². The molecule has 204 valence electrons. The van der Waals surface area contributed by atoms with E-state index in [0.717, 1.165) is 11.3 Å². The monoisotopic (exact) mass is 547 g/mol.